The molecule has 146 valence electrons. The van der Waals surface area contributed by atoms with E-state index in [9.17, 15) is 9.59 Å². The van der Waals surface area contributed by atoms with Crippen molar-refractivity contribution < 1.29 is 14.4 Å². The summed E-state index contributed by atoms with van der Waals surface area (Å²) >= 11 is 7.57. The summed E-state index contributed by atoms with van der Waals surface area (Å²) in [4.78, 5) is 34.8. The fourth-order valence-corrected chi connectivity index (χ4v) is 4.93. The molecule has 5 nitrogen and oxygen atoms in total. The van der Waals surface area contributed by atoms with Crippen molar-refractivity contribution in [1.82, 2.24) is 4.90 Å². The molecular formula is C22H17ClN2O3S. The Bertz CT molecular complexity index is 1040. The van der Waals surface area contributed by atoms with Gasteiger partial charge in [-0.05, 0) is 41.3 Å². The van der Waals surface area contributed by atoms with Crippen molar-refractivity contribution in [1.29, 1.82) is 0 Å². The first-order valence-corrected chi connectivity index (χ1v) is 10.5. The monoisotopic (exact) mass is 424 g/mol. The summed E-state index contributed by atoms with van der Waals surface area (Å²) in [6.07, 6.45) is -0.825. The Hall–Kier alpha value is -2.67. The van der Waals surface area contributed by atoms with Gasteiger partial charge in [0.15, 0.2) is 6.10 Å². The van der Waals surface area contributed by atoms with Crippen molar-refractivity contribution in [3.05, 3.63) is 87.6 Å². The topological polar surface area (TPSA) is 49.9 Å². The quantitative estimate of drug-likeness (QED) is 0.581. The molecule has 1 aromatic heterocycles. The number of hydroxylamine groups is 1. The molecule has 0 N–H and O–H groups in total. The second-order valence-corrected chi connectivity index (χ2v) is 8.48. The molecule has 7 heteroatoms. The zero-order valence-electron chi connectivity index (χ0n) is 15.3. The summed E-state index contributed by atoms with van der Waals surface area (Å²) in [5.74, 6) is -1.07. The average molecular weight is 425 g/mol. The molecule has 2 aliphatic rings. The number of halogens is 1. The van der Waals surface area contributed by atoms with E-state index < -0.39 is 12.0 Å². The zero-order valence-corrected chi connectivity index (χ0v) is 16.8. The van der Waals surface area contributed by atoms with E-state index in [1.807, 2.05) is 60.0 Å². The molecule has 0 spiro atoms. The van der Waals surface area contributed by atoms with Gasteiger partial charge in [0.2, 0.25) is 5.91 Å². The third-order valence-electron chi connectivity index (χ3n) is 5.31. The summed E-state index contributed by atoms with van der Waals surface area (Å²) in [7, 11) is 0. The van der Waals surface area contributed by atoms with Crippen molar-refractivity contribution in [3.8, 4) is 0 Å². The lowest BCUT2D eigenvalue weighted by molar-refractivity contribution is -0.143. The first-order valence-electron chi connectivity index (χ1n) is 9.27. The number of hydrogen-bond donors (Lipinski definition) is 0. The van der Waals surface area contributed by atoms with Crippen LogP contribution in [0.4, 0.5) is 5.69 Å². The molecule has 3 heterocycles. The van der Waals surface area contributed by atoms with Crippen molar-refractivity contribution >= 4 is 40.4 Å². The van der Waals surface area contributed by atoms with Gasteiger partial charge < -0.3 is 0 Å². The molecule has 0 radical (unpaired) electrons. The van der Waals surface area contributed by atoms with E-state index in [0.717, 1.165) is 16.1 Å². The number of hydrogen-bond acceptors (Lipinski definition) is 5. The largest absolute Gasteiger partial charge is 0.275 e. The number of likely N-dealkylation sites (tertiary alicyclic amines) is 1. The fraction of sp³-hybridized carbons (Fsp3) is 0.182. The molecular weight excluding hydrogens is 408 g/mol. The van der Waals surface area contributed by atoms with Crippen molar-refractivity contribution in [2.45, 2.75) is 18.7 Å². The number of imide groups is 1. The lowest BCUT2D eigenvalue weighted by Gasteiger charge is -2.27. The van der Waals surface area contributed by atoms with Crippen LogP contribution in [-0.4, -0.2) is 22.8 Å². The molecule has 0 aliphatic carbocycles. The van der Waals surface area contributed by atoms with Crippen LogP contribution in [-0.2, 0) is 21.0 Å². The maximum atomic E-state index is 13.3. The Morgan fingerprint density at radius 1 is 0.931 bits per heavy atom. The molecule has 5 rings (SSSR count). The maximum Gasteiger partial charge on any atom is 0.262 e. The highest BCUT2D eigenvalue weighted by atomic mass is 35.5. The zero-order chi connectivity index (χ0) is 20.0. The Labute approximate surface area is 177 Å². The molecule has 2 aromatic carbocycles. The van der Waals surface area contributed by atoms with Gasteiger partial charge in [0.05, 0.1) is 12.2 Å². The minimum atomic E-state index is -0.825. The van der Waals surface area contributed by atoms with E-state index in [-0.39, 0.29) is 24.4 Å². The summed E-state index contributed by atoms with van der Waals surface area (Å²) in [6, 6.07) is 20.3. The minimum absolute atomic E-state index is 0.196. The highest BCUT2D eigenvalue weighted by Crippen LogP contribution is 2.48. The maximum absolute atomic E-state index is 13.3. The number of carbonyl (C=O) groups is 2. The van der Waals surface area contributed by atoms with Crippen LogP contribution in [0.2, 0.25) is 5.02 Å². The highest BCUT2D eigenvalue weighted by molar-refractivity contribution is 7.10. The first-order chi connectivity index (χ1) is 14.1. The minimum Gasteiger partial charge on any atom is -0.275 e. The number of rotatable bonds is 4. The Morgan fingerprint density at radius 2 is 1.69 bits per heavy atom. The molecule has 3 aromatic rings. The van der Waals surface area contributed by atoms with E-state index in [2.05, 4.69) is 0 Å². The van der Waals surface area contributed by atoms with Crippen LogP contribution in [0.1, 0.15) is 16.5 Å². The van der Waals surface area contributed by atoms with Crippen LogP contribution in [0, 0.1) is 5.92 Å². The van der Waals surface area contributed by atoms with Gasteiger partial charge in [-0.3, -0.25) is 19.3 Å². The molecule has 2 amide bonds. The number of thiophene rings is 1. The third-order valence-corrected chi connectivity index (χ3v) is 6.50. The highest BCUT2D eigenvalue weighted by Gasteiger charge is 2.60. The lowest BCUT2D eigenvalue weighted by atomic mass is 9.95. The van der Waals surface area contributed by atoms with E-state index in [4.69, 9.17) is 16.4 Å². The number of anilines is 1. The van der Waals surface area contributed by atoms with E-state index >= 15 is 0 Å². The molecule has 3 atom stereocenters. The molecule has 0 saturated carbocycles. The van der Waals surface area contributed by atoms with E-state index in [0.29, 0.717) is 5.02 Å². The van der Waals surface area contributed by atoms with E-state index in [1.165, 1.54) is 4.90 Å². The Balaban J connectivity index is 1.50. The van der Waals surface area contributed by atoms with E-state index in [1.54, 1.807) is 28.5 Å². The molecule has 0 bridgehead atoms. The van der Waals surface area contributed by atoms with Gasteiger partial charge in [-0.2, -0.15) is 0 Å². The van der Waals surface area contributed by atoms with Crippen LogP contribution in [0.25, 0.3) is 0 Å². The second-order valence-electron chi connectivity index (χ2n) is 7.06. The van der Waals surface area contributed by atoms with Gasteiger partial charge in [-0.25, -0.2) is 5.06 Å². The van der Waals surface area contributed by atoms with Gasteiger partial charge in [0, 0.05) is 9.90 Å². The van der Waals surface area contributed by atoms with Crippen molar-refractivity contribution in [2.75, 3.05) is 5.06 Å². The number of fused-ring (bicyclic) bond motifs is 1. The smallest absolute Gasteiger partial charge is 0.262 e. The van der Waals surface area contributed by atoms with Crippen LogP contribution < -0.4 is 5.06 Å². The van der Waals surface area contributed by atoms with Gasteiger partial charge in [0.25, 0.3) is 5.91 Å². The predicted octanol–water partition coefficient (Wildman–Crippen LogP) is 4.45. The normalized spacial score (nSPS) is 23.7. The summed E-state index contributed by atoms with van der Waals surface area (Å²) in [5.41, 5.74) is 1.67. The fourth-order valence-electron chi connectivity index (χ4n) is 3.95. The first kappa shape index (κ1) is 18.4. The van der Waals surface area contributed by atoms with Gasteiger partial charge in [-0.15, -0.1) is 11.3 Å². The van der Waals surface area contributed by atoms with Crippen molar-refractivity contribution in [2.24, 2.45) is 5.92 Å². The molecule has 2 fully saturated rings. The number of amides is 2. The molecule has 0 unspecified atom stereocenters. The summed E-state index contributed by atoms with van der Waals surface area (Å²) in [5, 5.41) is 4.26. The molecule has 29 heavy (non-hydrogen) atoms. The second kappa shape index (κ2) is 7.30. The number of benzene rings is 2. The van der Waals surface area contributed by atoms with Crippen LogP contribution in [0.3, 0.4) is 0 Å². The molecule has 2 saturated heterocycles. The number of nitrogens with zero attached hydrogens (tertiary/aromatic N) is 2. The van der Waals surface area contributed by atoms with Crippen LogP contribution >= 0.6 is 22.9 Å². The standard InChI is InChI=1S/C22H17ClN2O3S/c23-15-8-10-16(11-9-15)25-19(17-7-4-12-29-17)18-20(28-25)22(27)24(21(18)26)13-14-5-2-1-3-6-14/h1-12,18-20H,13H2/t18-,19-,20+/m0/s1. The van der Waals surface area contributed by atoms with Crippen molar-refractivity contribution in [3.63, 3.8) is 0 Å². The summed E-state index contributed by atoms with van der Waals surface area (Å²) in [6.45, 7) is 0.257. The number of carbonyl (C=O) groups excluding carboxylic acids is 2. The average Bonchev–Trinajstić information content (AvgIpc) is 3.44. The summed E-state index contributed by atoms with van der Waals surface area (Å²) < 4.78 is 0. The third kappa shape index (κ3) is 3.13. The van der Waals surface area contributed by atoms with Gasteiger partial charge in [0.1, 0.15) is 12.0 Å². The predicted molar refractivity (Wildman–Crippen MR) is 111 cm³/mol. The van der Waals surface area contributed by atoms with Gasteiger partial charge >= 0.3 is 0 Å². The van der Waals surface area contributed by atoms with Crippen LogP contribution in [0.15, 0.2) is 72.1 Å². The van der Waals surface area contributed by atoms with Crippen LogP contribution in [0.5, 0.6) is 0 Å². The SMILES string of the molecule is O=C1[C@@H]2[C@@H](ON(c3ccc(Cl)cc3)[C@H]2c2cccs2)C(=O)N1Cc1ccccc1. The van der Waals surface area contributed by atoms with Gasteiger partial charge in [-0.1, -0.05) is 48.0 Å². The lowest BCUT2D eigenvalue weighted by Crippen LogP contribution is -2.36. The Morgan fingerprint density at radius 3 is 2.38 bits per heavy atom. The molecule has 2 aliphatic heterocycles. The Kier molecular flexibility index (Phi) is 4.62.